The summed E-state index contributed by atoms with van der Waals surface area (Å²) in [6, 6.07) is 0. The van der Waals surface area contributed by atoms with E-state index < -0.39 is 0 Å². The molecule has 70 valence electrons. The minimum Gasteiger partial charge on any atom is -0.473 e. The Morgan fingerprint density at radius 2 is 2.38 bits per heavy atom. The van der Waals surface area contributed by atoms with E-state index >= 15 is 0 Å². The fourth-order valence-electron chi connectivity index (χ4n) is 0.657. The molecule has 5 heteroatoms. The summed E-state index contributed by atoms with van der Waals surface area (Å²) in [7, 11) is 0. The smallest absolute Gasteiger partial charge is 0.232 e. The van der Waals surface area contributed by atoms with Crippen molar-refractivity contribution >= 4 is 27.5 Å². The number of aromatic nitrogens is 2. The molecule has 3 nitrogen and oxygen atoms in total. The van der Waals surface area contributed by atoms with E-state index in [-0.39, 0.29) is 0 Å². The zero-order chi connectivity index (χ0) is 9.68. The minimum absolute atomic E-state index is 0.352. The standard InChI is InChI=1S/C8H8BrClN2O/c1-2-3-4-13-8-6(9)7(10)11-5-12-8/h2-3,5H,4H2,1H3/b3-2+. The summed E-state index contributed by atoms with van der Waals surface area (Å²) in [5.41, 5.74) is 0. The molecule has 0 radical (unpaired) electrons. The molecule has 1 rings (SSSR count). The number of hydrogen-bond acceptors (Lipinski definition) is 3. The fraction of sp³-hybridized carbons (Fsp3) is 0.250. The van der Waals surface area contributed by atoms with E-state index in [4.69, 9.17) is 16.3 Å². The lowest BCUT2D eigenvalue weighted by Crippen LogP contribution is -1.97. The topological polar surface area (TPSA) is 35.0 Å². The van der Waals surface area contributed by atoms with Crippen LogP contribution in [-0.4, -0.2) is 16.6 Å². The number of rotatable bonds is 3. The molecule has 0 aromatic carbocycles. The number of nitrogens with zero attached hydrogens (tertiary/aromatic N) is 2. The van der Waals surface area contributed by atoms with Gasteiger partial charge in [-0.25, -0.2) is 9.97 Å². The van der Waals surface area contributed by atoms with Crippen LogP contribution in [0, 0.1) is 0 Å². The average molecular weight is 264 g/mol. The van der Waals surface area contributed by atoms with Crippen LogP contribution in [0.4, 0.5) is 0 Å². The van der Waals surface area contributed by atoms with Gasteiger partial charge in [0.15, 0.2) is 5.15 Å². The molecular weight excluding hydrogens is 255 g/mol. The Morgan fingerprint density at radius 1 is 1.62 bits per heavy atom. The summed E-state index contributed by atoms with van der Waals surface area (Å²) in [6.07, 6.45) is 5.14. The first kappa shape index (κ1) is 10.5. The van der Waals surface area contributed by atoms with Crippen molar-refractivity contribution in [2.45, 2.75) is 6.92 Å². The first-order chi connectivity index (χ1) is 6.25. The van der Waals surface area contributed by atoms with E-state index in [9.17, 15) is 0 Å². The van der Waals surface area contributed by atoms with Gasteiger partial charge in [-0.15, -0.1) is 0 Å². The highest BCUT2D eigenvalue weighted by molar-refractivity contribution is 9.10. The van der Waals surface area contributed by atoms with Gasteiger partial charge in [0, 0.05) is 0 Å². The zero-order valence-electron chi connectivity index (χ0n) is 7.00. The van der Waals surface area contributed by atoms with E-state index in [1.54, 1.807) is 0 Å². The number of hydrogen-bond donors (Lipinski definition) is 0. The second-order valence-electron chi connectivity index (χ2n) is 2.16. The van der Waals surface area contributed by atoms with Gasteiger partial charge in [-0.3, -0.25) is 0 Å². The monoisotopic (exact) mass is 262 g/mol. The Morgan fingerprint density at radius 3 is 3.08 bits per heavy atom. The molecule has 0 aliphatic rings. The molecule has 0 unspecified atom stereocenters. The molecule has 0 saturated heterocycles. The van der Waals surface area contributed by atoms with Crippen LogP contribution in [-0.2, 0) is 0 Å². The highest BCUT2D eigenvalue weighted by atomic mass is 79.9. The third kappa shape index (κ3) is 2.97. The molecule has 0 aliphatic heterocycles. The summed E-state index contributed by atoms with van der Waals surface area (Å²) < 4.78 is 5.87. The van der Waals surface area contributed by atoms with Crippen molar-refractivity contribution in [1.29, 1.82) is 0 Å². The Hall–Kier alpha value is -0.610. The van der Waals surface area contributed by atoms with E-state index in [1.165, 1.54) is 6.33 Å². The van der Waals surface area contributed by atoms with Crippen molar-refractivity contribution in [2.24, 2.45) is 0 Å². The molecule has 1 aromatic heterocycles. The van der Waals surface area contributed by atoms with E-state index in [0.29, 0.717) is 22.1 Å². The Labute approximate surface area is 89.9 Å². The average Bonchev–Trinajstić information content (AvgIpc) is 2.13. The minimum atomic E-state index is 0.352. The van der Waals surface area contributed by atoms with Crippen LogP contribution in [0.3, 0.4) is 0 Å². The lowest BCUT2D eigenvalue weighted by atomic mass is 10.5. The highest BCUT2D eigenvalue weighted by Crippen LogP contribution is 2.27. The van der Waals surface area contributed by atoms with Crippen LogP contribution >= 0.6 is 27.5 Å². The van der Waals surface area contributed by atoms with Crippen LogP contribution in [0.2, 0.25) is 5.15 Å². The molecule has 1 heterocycles. The van der Waals surface area contributed by atoms with Crippen LogP contribution in [0.25, 0.3) is 0 Å². The van der Waals surface area contributed by atoms with Crippen molar-refractivity contribution < 1.29 is 4.74 Å². The summed E-state index contributed by atoms with van der Waals surface area (Å²) >= 11 is 8.96. The maximum absolute atomic E-state index is 5.73. The number of ether oxygens (including phenoxy) is 1. The van der Waals surface area contributed by atoms with Gasteiger partial charge in [0.2, 0.25) is 5.88 Å². The first-order valence-electron chi connectivity index (χ1n) is 3.65. The largest absolute Gasteiger partial charge is 0.473 e. The van der Waals surface area contributed by atoms with Crippen molar-refractivity contribution in [3.63, 3.8) is 0 Å². The zero-order valence-corrected chi connectivity index (χ0v) is 9.34. The quantitative estimate of drug-likeness (QED) is 0.621. The van der Waals surface area contributed by atoms with Gasteiger partial charge in [0.05, 0.1) is 0 Å². The molecule has 0 spiro atoms. The Bertz CT molecular complexity index is 317. The lowest BCUT2D eigenvalue weighted by Gasteiger charge is -2.03. The second-order valence-corrected chi connectivity index (χ2v) is 3.31. The number of allylic oxidation sites excluding steroid dienone is 1. The molecule has 1 aromatic rings. The van der Waals surface area contributed by atoms with Crippen molar-refractivity contribution in [1.82, 2.24) is 9.97 Å². The van der Waals surface area contributed by atoms with Gasteiger partial charge in [-0.1, -0.05) is 23.8 Å². The third-order valence-electron chi connectivity index (χ3n) is 1.27. The van der Waals surface area contributed by atoms with Gasteiger partial charge < -0.3 is 4.74 Å². The molecule has 0 fully saturated rings. The Kier molecular flexibility index (Phi) is 4.18. The SMILES string of the molecule is C/C=C/COc1ncnc(Cl)c1Br. The molecule has 0 N–H and O–H groups in total. The van der Waals surface area contributed by atoms with E-state index in [2.05, 4.69) is 25.9 Å². The van der Waals surface area contributed by atoms with E-state index in [1.807, 2.05) is 19.1 Å². The summed E-state index contributed by atoms with van der Waals surface area (Å²) in [4.78, 5) is 7.69. The van der Waals surface area contributed by atoms with Gasteiger partial charge >= 0.3 is 0 Å². The molecule has 0 atom stereocenters. The van der Waals surface area contributed by atoms with Gasteiger partial charge in [0.25, 0.3) is 0 Å². The predicted molar refractivity (Wildman–Crippen MR) is 55.1 cm³/mol. The molecule has 13 heavy (non-hydrogen) atoms. The van der Waals surface area contributed by atoms with E-state index in [0.717, 1.165) is 0 Å². The normalized spacial score (nSPS) is 10.7. The molecule has 0 saturated carbocycles. The lowest BCUT2D eigenvalue weighted by molar-refractivity contribution is 0.345. The van der Waals surface area contributed by atoms with Crippen molar-refractivity contribution in [3.8, 4) is 5.88 Å². The first-order valence-corrected chi connectivity index (χ1v) is 4.82. The molecule has 0 amide bonds. The van der Waals surface area contributed by atoms with Crippen molar-refractivity contribution in [2.75, 3.05) is 6.61 Å². The van der Waals surface area contributed by atoms with Gasteiger partial charge in [0.1, 0.15) is 17.4 Å². The molecule has 0 aliphatic carbocycles. The summed E-state index contributed by atoms with van der Waals surface area (Å²) in [6.45, 7) is 2.40. The highest BCUT2D eigenvalue weighted by Gasteiger charge is 2.06. The maximum Gasteiger partial charge on any atom is 0.232 e. The molecular formula is C8H8BrClN2O. The Balaban J connectivity index is 2.71. The van der Waals surface area contributed by atoms with Crippen LogP contribution < -0.4 is 4.74 Å². The third-order valence-corrected chi connectivity index (χ3v) is 2.50. The second kappa shape index (κ2) is 5.19. The van der Waals surface area contributed by atoms with Crippen LogP contribution in [0.5, 0.6) is 5.88 Å². The number of halogens is 2. The maximum atomic E-state index is 5.73. The van der Waals surface area contributed by atoms with Gasteiger partial charge in [-0.05, 0) is 22.9 Å². The van der Waals surface area contributed by atoms with Gasteiger partial charge in [-0.2, -0.15) is 0 Å². The van der Waals surface area contributed by atoms with Crippen LogP contribution in [0.15, 0.2) is 23.0 Å². The summed E-state index contributed by atoms with van der Waals surface area (Å²) in [5, 5.41) is 0.352. The summed E-state index contributed by atoms with van der Waals surface area (Å²) in [5.74, 6) is 0.457. The predicted octanol–water partition coefficient (Wildman–Crippen LogP) is 2.85. The molecule has 0 bridgehead atoms. The van der Waals surface area contributed by atoms with Crippen molar-refractivity contribution in [3.05, 3.63) is 28.1 Å². The van der Waals surface area contributed by atoms with Crippen LogP contribution in [0.1, 0.15) is 6.92 Å². The fourth-order valence-corrected chi connectivity index (χ4v) is 1.10.